The molecule has 0 amide bonds. The van der Waals surface area contributed by atoms with E-state index in [-0.39, 0.29) is 0 Å². The lowest BCUT2D eigenvalue weighted by Gasteiger charge is -2.02. The highest BCUT2D eigenvalue weighted by Crippen LogP contribution is 2.38. The van der Waals surface area contributed by atoms with E-state index in [1.807, 2.05) is 0 Å². The van der Waals surface area contributed by atoms with Crippen molar-refractivity contribution in [1.29, 1.82) is 0 Å². The maximum Gasteiger partial charge on any atom is 0.0182 e. The molecular weight excluding hydrogens is 232 g/mol. The zero-order valence-corrected chi connectivity index (χ0v) is 7.91. The summed E-state index contributed by atoms with van der Waals surface area (Å²) >= 11 is 7.05. The minimum absolute atomic E-state index is 0.793. The van der Waals surface area contributed by atoms with Gasteiger partial charge in [0.1, 0.15) is 0 Å². The van der Waals surface area contributed by atoms with E-state index in [1.165, 1.54) is 19.3 Å². The van der Waals surface area contributed by atoms with Gasteiger partial charge in [-0.25, -0.2) is 0 Å². The van der Waals surface area contributed by atoms with Crippen molar-refractivity contribution < 1.29 is 0 Å². The first-order valence-electron chi connectivity index (χ1n) is 3.04. The van der Waals surface area contributed by atoms with Gasteiger partial charge in [0.2, 0.25) is 0 Å². The fourth-order valence-electron chi connectivity index (χ4n) is 0.798. The van der Waals surface area contributed by atoms with Crippen LogP contribution in [0, 0.1) is 5.92 Å². The highest BCUT2D eigenvalue weighted by molar-refractivity contribution is 9.10. The van der Waals surface area contributed by atoms with Crippen molar-refractivity contribution >= 4 is 31.9 Å². The molecule has 0 bridgehead atoms. The zero-order chi connectivity index (χ0) is 5.98. The van der Waals surface area contributed by atoms with E-state index in [0.717, 1.165) is 16.1 Å². The molecule has 1 saturated carbocycles. The van der Waals surface area contributed by atoms with Crippen LogP contribution in [0.2, 0.25) is 0 Å². The standard InChI is InChI=1S/C6H10Br2/c7-4-3-6(8)5-1-2-5/h5-6H,1-4H2/t6-/m1/s1. The maximum atomic E-state index is 3.63. The van der Waals surface area contributed by atoms with E-state index >= 15 is 0 Å². The first-order valence-corrected chi connectivity index (χ1v) is 5.08. The topological polar surface area (TPSA) is 0 Å². The Kier molecular flexibility index (Phi) is 2.84. The van der Waals surface area contributed by atoms with E-state index in [4.69, 9.17) is 0 Å². The second kappa shape index (κ2) is 3.21. The molecule has 0 aliphatic heterocycles. The summed E-state index contributed by atoms with van der Waals surface area (Å²) in [6, 6.07) is 0. The molecule has 0 unspecified atom stereocenters. The van der Waals surface area contributed by atoms with Crippen LogP contribution in [0.3, 0.4) is 0 Å². The number of hydrogen-bond acceptors (Lipinski definition) is 0. The van der Waals surface area contributed by atoms with Gasteiger partial charge in [0.25, 0.3) is 0 Å². The van der Waals surface area contributed by atoms with Crippen molar-refractivity contribution in [2.45, 2.75) is 24.1 Å². The average Bonchev–Trinajstić information content (AvgIpc) is 2.45. The first kappa shape index (κ1) is 7.07. The van der Waals surface area contributed by atoms with Gasteiger partial charge in [0.15, 0.2) is 0 Å². The van der Waals surface area contributed by atoms with Gasteiger partial charge in [-0.15, -0.1) is 0 Å². The number of halogens is 2. The van der Waals surface area contributed by atoms with Gasteiger partial charge in [-0.05, 0) is 25.2 Å². The van der Waals surface area contributed by atoms with Gasteiger partial charge in [0.05, 0.1) is 0 Å². The quantitative estimate of drug-likeness (QED) is 0.667. The fourth-order valence-corrected chi connectivity index (χ4v) is 2.66. The Labute approximate surface area is 67.3 Å². The SMILES string of the molecule is BrCC[C@@H](Br)C1CC1. The summed E-state index contributed by atoms with van der Waals surface area (Å²) < 4.78 is 0. The smallest absolute Gasteiger partial charge is 0.0182 e. The third-order valence-electron chi connectivity index (χ3n) is 1.52. The van der Waals surface area contributed by atoms with Crippen LogP contribution in [0.15, 0.2) is 0 Å². The maximum absolute atomic E-state index is 3.63. The van der Waals surface area contributed by atoms with Crippen LogP contribution in [0.4, 0.5) is 0 Å². The zero-order valence-electron chi connectivity index (χ0n) is 4.74. The lowest BCUT2D eigenvalue weighted by molar-refractivity contribution is 0.749. The third kappa shape index (κ3) is 2.06. The second-order valence-electron chi connectivity index (χ2n) is 2.33. The Morgan fingerprint density at radius 2 is 2.12 bits per heavy atom. The predicted octanol–water partition coefficient (Wildman–Crippen LogP) is 2.94. The van der Waals surface area contributed by atoms with Gasteiger partial charge in [0, 0.05) is 10.2 Å². The van der Waals surface area contributed by atoms with Crippen molar-refractivity contribution in [3.63, 3.8) is 0 Å². The lowest BCUT2D eigenvalue weighted by atomic mass is 10.2. The molecule has 1 aliphatic rings. The molecule has 0 N–H and O–H groups in total. The summed E-state index contributed by atoms with van der Waals surface area (Å²) in [4.78, 5) is 0.793. The lowest BCUT2D eigenvalue weighted by Crippen LogP contribution is -1.99. The van der Waals surface area contributed by atoms with Crippen LogP contribution in [-0.2, 0) is 0 Å². The van der Waals surface area contributed by atoms with Crippen molar-refractivity contribution in [2.75, 3.05) is 5.33 Å². The van der Waals surface area contributed by atoms with Crippen molar-refractivity contribution in [1.82, 2.24) is 0 Å². The van der Waals surface area contributed by atoms with Gasteiger partial charge >= 0.3 is 0 Å². The molecule has 0 radical (unpaired) electrons. The average molecular weight is 242 g/mol. The molecule has 0 saturated heterocycles. The molecule has 8 heavy (non-hydrogen) atoms. The Hall–Kier alpha value is 0.960. The van der Waals surface area contributed by atoms with Crippen LogP contribution >= 0.6 is 31.9 Å². The van der Waals surface area contributed by atoms with Gasteiger partial charge in [-0.1, -0.05) is 31.9 Å². The highest BCUT2D eigenvalue weighted by atomic mass is 79.9. The van der Waals surface area contributed by atoms with E-state index in [1.54, 1.807) is 0 Å². The van der Waals surface area contributed by atoms with Gasteiger partial charge in [-0.2, -0.15) is 0 Å². The van der Waals surface area contributed by atoms with E-state index in [0.29, 0.717) is 0 Å². The molecule has 2 heteroatoms. The molecule has 0 nitrogen and oxygen atoms in total. The van der Waals surface area contributed by atoms with Gasteiger partial charge in [-0.3, -0.25) is 0 Å². The van der Waals surface area contributed by atoms with E-state index in [9.17, 15) is 0 Å². The van der Waals surface area contributed by atoms with E-state index in [2.05, 4.69) is 31.9 Å². The Bertz CT molecular complexity index is 68.9. The minimum Gasteiger partial charge on any atom is -0.0928 e. The molecule has 0 spiro atoms. The third-order valence-corrected chi connectivity index (χ3v) is 3.18. The second-order valence-corrected chi connectivity index (χ2v) is 4.30. The fraction of sp³-hybridized carbons (Fsp3) is 1.00. The molecule has 1 fully saturated rings. The number of rotatable bonds is 3. The van der Waals surface area contributed by atoms with Gasteiger partial charge < -0.3 is 0 Å². The Balaban J connectivity index is 2.03. The highest BCUT2D eigenvalue weighted by Gasteiger charge is 2.28. The molecule has 0 heterocycles. The molecule has 1 rings (SSSR count). The Morgan fingerprint density at radius 3 is 2.50 bits per heavy atom. The summed E-state index contributed by atoms with van der Waals surface area (Å²) in [5, 5.41) is 1.14. The van der Waals surface area contributed by atoms with Crippen molar-refractivity contribution in [3.8, 4) is 0 Å². The molecule has 0 aromatic rings. The summed E-state index contributed by atoms with van der Waals surface area (Å²) in [6.07, 6.45) is 4.18. The molecule has 0 aromatic heterocycles. The summed E-state index contributed by atoms with van der Waals surface area (Å²) in [5.74, 6) is 1.01. The number of hydrogen-bond donors (Lipinski definition) is 0. The number of alkyl halides is 2. The van der Waals surface area contributed by atoms with Crippen LogP contribution in [-0.4, -0.2) is 10.2 Å². The normalized spacial score (nSPS) is 23.2. The monoisotopic (exact) mass is 240 g/mol. The molecule has 0 aromatic carbocycles. The molecule has 1 aliphatic carbocycles. The van der Waals surface area contributed by atoms with Crippen molar-refractivity contribution in [2.24, 2.45) is 5.92 Å². The first-order chi connectivity index (χ1) is 3.84. The summed E-state index contributed by atoms with van der Waals surface area (Å²) in [7, 11) is 0. The van der Waals surface area contributed by atoms with Crippen LogP contribution < -0.4 is 0 Å². The predicted molar refractivity (Wildman–Crippen MR) is 43.9 cm³/mol. The molecule has 48 valence electrons. The van der Waals surface area contributed by atoms with Crippen molar-refractivity contribution in [3.05, 3.63) is 0 Å². The Morgan fingerprint density at radius 1 is 1.50 bits per heavy atom. The summed E-state index contributed by atoms with van der Waals surface area (Å²) in [6.45, 7) is 0. The summed E-state index contributed by atoms with van der Waals surface area (Å²) in [5.41, 5.74) is 0. The molecular formula is C6H10Br2. The largest absolute Gasteiger partial charge is 0.0928 e. The van der Waals surface area contributed by atoms with Crippen LogP contribution in [0.5, 0.6) is 0 Å². The molecule has 1 atom stereocenters. The van der Waals surface area contributed by atoms with Crippen LogP contribution in [0.25, 0.3) is 0 Å². The van der Waals surface area contributed by atoms with Crippen LogP contribution in [0.1, 0.15) is 19.3 Å². The van der Waals surface area contributed by atoms with E-state index < -0.39 is 0 Å². The minimum atomic E-state index is 0.793.